The number of rotatable bonds is 6. The van der Waals surface area contributed by atoms with E-state index in [2.05, 4.69) is 17.2 Å². The average molecular weight is 341 g/mol. The van der Waals surface area contributed by atoms with Crippen LogP contribution in [0.5, 0.6) is 0 Å². The lowest BCUT2D eigenvalue weighted by Gasteiger charge is -2.39. The van der Waals surface area contributed by atoms with Crippen molar-refractivity contribution < 1.29 is 14.7 Å². The third kappa shape index (κ3) is 3.90. The van der Waals surface area contributed by atoms with Crippen molar-refractivity contribution in [1.82, 2.24) is 14.7 Å². The first-order chi connectivity index (χ1) is 12.1. The summed E-state index contributed by atoms with van der Waals surface area (Å²) in [5.74, 6) is -1.41. The number of carboxylic acid groups (broad SMARTS) is 1. The Kier molecular flexibility index (Phi) is 5.16. The van der Waals surface area contributed by atoms with E-state index in [1.807, 2.05) is 24.4 Å². The first kappa shape index (κ1) is 17.2. The minimum atomic E-state index is -0.852. The van der Waals surface area contributed by atoms with Crippen LogP contribution < -0.4 is 0 Å². The highest BCUT2D eigenvalue weighted by Crippen LogP contribution is 2.36. The van der Waals surface area contributed by atoms with Crippen molar-refractivity contribution in [3.63, 3.8) is 0 Å². The molecule has 2 heterocycles. The van der Waals surface area contributed by atoms with Crippen molar-refractivity contribution in [3.8, 4) is 0 Å². The number of aliphatic carboxylic acids is 1. The number of benzene rings is 1. The maximum absolute atomic E-state index is 12.5. The van der Waals surface area contributed by atoms with E-state index in [-0.39, 0.29) is 5.91 Å². The van der Waals surface area contributed by atoms with Crippen LogP contribution in [0.1, 0.15) is 36.4 Å². The van der Waals surface area contributed by atoms with Crippen LogP contribution in [0.3, 0.4) is 0 Å². The third-order valence-electron chi connectivity index (χ3n) is 4.80. The second-order valence-corrected chi connectivity index (χ2v) is 6.55. The molecule has 1 aliphatic heterocycles. The van der Waals surface area contributed by atoms with Crippen LogP contribution >= 0.6 is 0 Å². The van der Waals surface area contributed by atoms with E-state index in [4.69, 9.17) is 0 Å². The third-order valence-corrected chi connectivity index (χ3v) is 4.80. The van der Waals surface area contributed by atoms with Crippen LogP contribution in [0, 0.1) is 5.92 Å². The van der Waals surface area contributed by atoms with Crippen LogP contribution in [0.2, 0.25) is 0 Å². The molecule has 0 unspecified atom stereocenters. The summed E-state index contributed by atoms with van der Waals surface area (Å²) < 4.78 is 1.65. The molecule has 2 atom stereocenters. The molecule has 0 saturated carbocycles. The fourth-order valence-corrected chi connectivity index (χ4v) is 3.58. The lowest BCUT2D eigenvalue weighted by Crippen LogP contribution is -2.45. The predicted octanol–water partition coefficient (Wildman–Crippen LogP) is 2.42. The van der Waals surface area contributed by atoms with Gasteiger partial charge in [0.1, 0.15) is 0 Å². The molecule has 0 spiro atoms. The number of carbonyl (C=O) groups is 2. The zero-order chi connectivity index (χ0) is 17.8. The van der Waals surface area contributed by atoms with Gasteiger partial charge < -0.3 is 10.0 Å². The lowest BCUT2D eigenvalue weighted by molar-refractivity contribution is -0.152. The van der Waals surface area contributed by atoms with E-state index >= 15 is 0 Å². The van der Waals surface area contributed by atoms with E-state index in [1.54, 1.807) is 22.8 Å². The van der Waals surface area contributed by atoms with Gasteiger partial charge in [0.15, 0.2) is 0 Å². The van der Waals surface area contributed by atoms with Crippen LogP contribution in [0.15, 0.2) is 42.7 Å². The van der Waals surface area contributed by atoms with Gasteiger partial charge in [-0.15, -0.1) is 0 Å². The molecule has 1 amide bonds. The topological polar surface area (TPSA) is 75.4 Å². The minimum absolute atomic E-state index is 0.0272. The molecule has 6 heteroatoms. The molecule has 0 aliphatic carbocycles. The van der Waals surface area contributed by atoms with E-state index in [0.29, 0.717) is 19.4 Å². The fourth-order valence-electron chi connectivity index (χ4n) is 3.58. The van der Waals surface area contributed by atoms with Crippen molar-refractivity contribution in [3.05, 3.63) is 53.9 Å². The van der Waals surface area contributed by atoms with Gasteiger partial charge in [-0.25, -0.2) is 0 Å². The van der Waals surface area contributed by atoms with Crippen molar-refractivity contribution in [1.29, 1.82) is 0 Å². The molecule has 3 rings (SSSR count). The smallest absolute Gasteiger partial charge is 0.308 e. The average Bonchev–Trinajstić information content (AvgIpc) is 3.03. The Morgan fingerprint density at radius 3 is 2.72 bits per heavy atom. The van der Waals surface area contributed by atoms with Crippen LogP contribution in [0.25, 0.3) is 0 Å². The van der Waals surface area contributed by atoms with Crippen molar-refractivity contribution in [2.45, 2.75) is 31.7 Å². The van der Waals surface area contributed by atoms with Gasteiger partial charge in [-0.2, -0.15) is 5.10 Å². The Labute approximate surface area is 147 Å². The molecule has 0 radical (unpaired) electrons. The number of hydrogen-bond acceptors (Lipinski definition) is 3. The van der Waals surface area contributed by atoms with Crippen LogP contribution in [-0.2, 0) is 23.1 Å². The van der Waals surface area contributed by atoms with Gasteiger partial charge in [0, 0.05) is 31.8 Å². The van der Waals surface area contributed by atoms with E-state index in [0.717, 1.165) is 18.4 Å². The highest BCUT2D eigenvalue weighted by molar-refractivity contribution is 5.81. The molecular formula is C19H23N3O3. The molecule has 0 bridgehead atoms. The summed E-state index contributed by atoms with van der Waals surface area (Å²) >= 11 is 0. The van der Waals surface area contributed by atoms with Crippen molar-refractivity contribution in [2.75, 3.05) is 6.54 Å². The number of hydrogen-bond donors (Lipinski definition) is 1. The lowest BCUT2D eigenvalue weighted by atomic mass is 9.85. The normalized spacial score (nSPS) is 20.7. The largest absolute Gasteiger partial charge is 0.481 e. The Morgan fingerprint density at radius 2 is 2.08 bits per heavy atom. The first-order valence-electron chi connectivity index (χ1n) is 8.61. The molecular weight excluding hydrogens is 318 g/mol. The minimum Gasteiger partial charge on any atom is -0.481 e. The van der Waals surface area contributed by atoms with Gasteiger partial charge in [0.25, 0.3) is 0 Å². The summed E-state index contributed by atoms with van der Waals surface area (Å²) in [6.45, 7) is 0.553. The Hall–Kier alpha value is -2.63. The molecule has 1 aromatic heterocycles. The number of carboxylic acids is 1. The van der Waals surface area contributed by atoms with Crippen LogP contribution in [0.4, 0.5) is 0 Å². The highest BCUT2D eigenvalue weighted by Gasteiger charge is 2.40. The number of nitrogens with zero attached hydrogens (tertiary/aromatic N) is 3. The van der Waals surface area contributed by atoms with Gasteiger partial charge >= 0.3 is 5.97 Å². The number of piperidine rings is 1. The van der Waals surface area contributed by atoms with Gasteiger partial charge in [0.05, 0.1) is 18.2 Å². The summed E-state index contributed by atoms with van der Waals surface area (Å²) in [7, 11) is 1.80. The van der Waals surface area contributed by atoms with Gasteiger partial charge in [-0.05, 0) is 24.8 Å². The monoisotopic (exact) mass is 341 g/mol. The predicted molar refractivity (Wildman–Crippen MR) is 92.8 cm³/mol. The van der Waals surface area contributed by atoms with Crippen LogP contribution in [-0.4, -0.2) is 38.2 Å². The molecule has 1 saturated heterocycles. The second-order valence-electron chi connectivity index (χ2n) is 6.55. The van der Waals surface area contributed by atoms with E-state index in [1.165, 1.54) is 5.56 Å². The number of likely N-dealkylation sites (tertiary alicyclic amines) is 1. The quantitative estimate of drug-likeness (QED) is 0.875. The Balaban J connectivity index is 1.77. The summed E-state index contributed by atoms with van der Waals surface area (Å²) in [5, 5.41) is 13.8. The molecule has 1 aliphatic rings. The van der Waals surface area contributed by atoms with Crippen molar-refractivity contribution in [2.24, 2.45) is 13.0 Å². The zero-order valence-electron chi connectivity index (χ0n) is 14.3. The highest BCUT2D eigenvalue weighted by atomic mass is 16.4. The molecule has 132 valence electrons. The number of carbonyl (C=O) groups excluding carboxylic acids is 1. The fraction of sp³-hybridized carbons (Fsp3) is 0.421. The van der Waals surface area contributed by atoms with Gasteiger partial charge in [0.2, 0.25) is 5.91 Å². The molecule has 2 aromatic rings. The van der Waals surface area contributed by atoms with E-state index in [9.17, 15) is 14.7 Å². The van der Waals surface area contributed by atoms with Gasteiger partial charge in [-0.1, -0.05) is 30.3 Å². The number of aryl methyl sites for hydroxylation is 2. The van der Waals surface area contributed by atoms with E-state index < -0.39 is 17.9 Å². The number of aromatic nitrogens is 2. The molecule has 1 fully saturated rings. The second kappa shape index (κ2) is 7.51. The SMILES string of the molecule is Cn1cc([C@H]2[C@H](C(=O)O)CCC(=O)N2CCCc2ccccc2)cn1. The molecule has 25 heavy (non-hydrogen) atoms. The summed E-state index contributed by atoms with van der Waals surface area (Å²) in [6, 6.07) is 9.67. The summed E-state index contributed by atoms with van der Waals surface area (Å²) in [6.07, 6.45) is 5.82. The summed E-state index contributed by atoms with van der Waals surface area (Å²) in [5.41, 5.74) is 2.02. The molecule has 1 N–H and O–H groups in total. The maximum Gasteiger partial charge on any atom is 0.308 e. The standard InChI is InChI=1S/C19H23N3O3/c1-21-13-15(12-20-21)18-16(19(24)25)9-10-17(23)22(18)11-5-8-14-6-3-2-4-7-14/h2-4,6-7,12-13,16,18H,5,8-11H2,1H3,(H,24,25)/t16-,18+/m1/s1. The first-order valence-corrected chi connectivity index (χ1v) is 8.61. The van der Waals surface area contributed by atoms with Crippen molar-refractivity contribution >= 4 is 11.9 Å². The molecule has 1 aromatic carbocycles. The van der Waals surface area contributed by atoms with Gasteiger partial charge in [-0.3, -0.25) is 14.3 Å². The molecule has 6 nitrogen and oxygen atoms in total. The summed E-state index contributed by atoms with van der Waals surface area (Å²) in [4.78, 5) is 26.0. The number of amides is 1. The zero-order valence-corrected chi connectivity index (χ0v) is 14.3. The maximum atomic E-state index is 12.5. The Bertz CT molecular complexity index is 741. The Morgan fingerprint density at radius 1 is 1.32 bits per heavy atom.